The van der Waals surface area contributed by atoms with Gasteiger partial charge in [0.15, 0.2) is 21.3 Å². The zero-order chi connectivity index (χ0) is 13.3. The van der Waals surface area contributed by atoms with Crippen LogP contribution in [0.2, 0.25) is 0 Å². The van der Waals surface area contributed by atoms with Gasteiger partial charge in [0.2, 0.25) is 0 Å². The molecular weight excluding hydrogens is 260 g/mol. The smallest absolute Gasteiger partial charge is 0.358 e. The fourth-order valence-electron chi connectivity index (χ4n) is 2.13. The van der Waals surface area contributed by atoms with Gasteiger partial charge in [-0.2, -0.15) is 5.10 Å². The molecule has 0 saturated carbocycles. The molecule has 1 atom stereocenters. The molecule has 1 aliphatic heterocycles. The number of hydrogen-bond donors (Lipinski definition) is 1. The third-order valence-electron chi connectivity index (χ3n) is 2.99. The number of methoxy groups -OCH3 is 1. The molecule has 1 aromatic heterocycles. The van der Waals surface area contributed by atoms with Gasteiger partial charge in [-0.05, 0) is 12.3 Å². The summed E-state index contributed by atoms with van der Waals surface area (Å²) >= 11 is 0. The Balaban J connectivity index is 2.20. The maximum absolute atomic E-state index is 11.3. The van der Waals surface area contributed by atoms with Crippen LogP contribution in [-0.2, 0) is 16.4 Å². The van der Waals surface area contributed by atoms with Crippen molar-refractivity contribution in [2.75, 3.05) is 18.6 Å². The molecule has 8 heteroatoms. The highest BCUT2D eigenvalue weighted by molar-refractivity contribution is 7.91. The van der Waals surface area contributed by atoms with Gasteiger partial charge in [-0.15, -0.1) is 0 Å². The lowest BCUT2D eigenvalue weighted by Crippen LogP contribution is -2.18. The third kappa shape index (κ3) is 2.47. The van der Waals surface area contributed by atoms with E-state index in [1.165, 1.54) is 18.0 Å². The number of ether oxygens (including phenoxy) is 1. The Morgan fingerprint density at radius 2 is 2.39 bits per heavy atom. The van der Waals surface area contributed by atoms with Crippen LogP contribution < -0.4 is 4.74 Å². The number of sulfone groups is 1. The molecule has 0 radical (unpaired) electrons. The number of rotatable bonds is 4. The summed E-state index contributed by atoms with van der Waals surface area (Å²) in [6, 6.07) is 0. The van der Waals surface area contributed by atoms with Gasteiger partial charge in [-0.1, -0.05) is 0 Å². The highest BCUT2D eigenvalue weighted by Gasteiger charge is 2.30. The van der Waals surface area contributed by atoms with Crippen molar-refractivity contribution < 1.29 is 23.1 Å². The summed E-state index contributed by atoms with van der Waals surface area (Å²) in [7, 11) is -1.60. The Bertz CT molecular complexity index is 563. The van der Waals surface area contributed by atoms with Gasteiger partial charge in [0.1, 0.15) is 0 Å². The van der Waals surface area contributed by atoms with E-state index >= 15 is 0 Å². The number of aromatic nitrogens is 2. The molecular formula is C10H14N2O5S. The third-order valence-corrected chi connectivity index (χ3v) is 4.82. The Labute approximate surface area is 104 Å². The molecule has 0 aromatic carbocycles. The van der Waals surface area contributed by atoms with E-state index in [0.717, 1.165) is 0 Å². The second kappa shape index (κ2) is 4.60. The van der Waals surface area contributed by atoms with Crippen molar-refractivity contribution in [3.63, 3.8) is 0 Å². The number of nitrogens with zero attached hydrogens (tertiary/aromatic N) is 2. The average molecular weight is 274 g/mol. The summed E-state index contributed by atoms with van der Waals surface area (Å²) in [4.78, 5) is 11.1. The molecule has 0 bridgehead atoms. The lowest BCUT2D eigenvalue weighted by atomic mass is 10.1. The minimum atomic E-state index is -2.97. The van der Waals surface area contributed by atoms with Crippen LogP contribution in [0.3, 0.4) is 0 Å². The summed E-state index contributed by atoms with van der Waals surface area (Å²) in [6.07, 6.45) is 1.87. The lowest BCUT2D eigenvalue weighted by molar-refractivity contribution is 0.0678. The zero-order valence-electron chi connectivity index (χ0n) is 9.87. The van der Waals surface area contributed by atoms with Crippen LogP contribution in [0.1, 0.15) is 16.9 Å². The van der Waals surface area contributed by atoms with Gasteiger partial charge in [-0.3, -0.25) is 4.68 Å². The first-order valence-electron chi connectivity index (χ1n) is 5.46. The van der Waals surface area contributed by atoms with Crippen LogP contribution in [0, 0.1) is 5.92 Å². The summed E-state index contributed by atoms with van der Waals surface area (Å²) in [5, 5.41) is 13.0. The van der Waals surface area contributed by atoms with Gasteiger partial charge >= 0.3 is 5.97 Å². The van der Waals surface area contributed by atoms with Crippen molar-refractivity contribution >= 4 is 15.8 Å². The first kappa shape index (κ1) is 12.9. The SMILES string of the molecule is COc1cnn(CC2CCS(=O)(=O)C2)c1C(=O)O. The number of carboxylic acid groups (broad SMARTS) is 1. The topological polar surface area (TPSA) is 98.5 Å². The van der Waals surface area contributed by atoms with E-state index in [1.54, 1.807) is 0 Å². The lowest BCUT2D eigenvalue weighted by Gasteiger charge is -2.09. The molecule has 7 nitrogen and oxygen atoms in total. The molecule has 1 aliphatic rings. The molecule has 100 valence electrons. The van der Waals surface area contributed by atoms with Crippen LogP contribution in [0.5, 0.6) is 5.75 Å². The van der Waals surface area contributed by atoms with Crippen molar-refractivity contribution in [3.05, 3.63) is 11.9 Å². The first-order valence-corrected chi connectivity index (χ1v) is 7.28. The number of carbonyl (C=O) groups is 1. The van der Waals surface area contributed by atoms with Gasteiger partial charge in [0.25, 0.3) is 0 Å². The highest BCUT2D eigenvalue weighted by atomic mass is 32.2. The number of hydrogen-bond acceptors (Lipinski definition) is 5. The molecule has 0 amide bonds. The largest absolute Gasteiger partial charge is 0.493 e. The van der Waals surface area contributed by atoms with E-state index in [9.17, 15) is 13.2 Å². The molecule has 1 unspecified atom stereocenters. The van der Waals surface area contributed by atoms with Crippen LogP contribution in [0.15, 0.2) is 6.20 Å². The maximum atomic E-state index is 11.3. The van der Waals surface area contributed by atoms with Crippen molar-refractivity contribution in [2.45, 2.75) is 13.0 Å². The summed E-state index contributed by atoms with van der Waals surface area (Å²) in [5.41, 5.74) is -0.0400. The van der Waals surface area contributed by atoms with Gasteiger partial charge < -0.3 is 9.84 Å². The molecule has 0 spiro atoms. The standard InChI is InChI=1S/C10H14N2O5S/c1-17-8-4-11-12(9(8)10(13)14)5-7-2-3-18(15,16)6-7/h4,7H,2-3,5-6H2,1H3,(H,13,14). The monoisotopic (exact) mass is 274 g/mol. The summed E-state index contributed by atoms with van der Waals surface area (Å²) in [5.74, 6) is -0.779. The predicted octanol–water partition coefficient (Wildman–Crippen LogP) is 0.0246. The summed E-state index contributed by atoms with van der Waals surface area (Å²) < 4.78 is 28.9. The quantitative estimate of drug-likeness (QED) is 0.831. The van der Waals surface area contributed by atoms with Crippen LogP contribution in [-0.4, -0.2) is 47.9 Å². The first-order chi connectivity index (χ1) is 8.43. The average Bonchev–Trinajstić information content (AvgIpc) is 2.82. The van der Waals surface area contributed by atoms with E-state index in [4.69, 9.17) is 9.84 Å². The Kier molecular flexibility index (Phi) is 3.29. The van der Waals surface area contributed by atoms with E-state index in [-0.39, 0.29) is 35.4 Å². The number of carboxylic acids is 1. The zero-order valence-corrected chi connectivity index (χ0v) is 10.7. The molecule has 1 saturated heterocycles. The molecule has 1 fully saturated rings. The molecule has 2 heterocycles. The molecule has 0 aliphatic carbocycles. The molecule has 1 N–H and O–H groups in total. The van der Waals surface area contributed by atoms with E-state index in [2.05, 4.69) is 5.10 Å². The van der Waals surface area contributed by atoms with Crippen LogP contribution in [0.25, 0.3) is 0 Å². The van der Waals surface area contributed by atoms with Crippen molar-refractivity contribution in [1.29, 1.82) is 0 Å². The van der Waals surface area contributed by atoms with Gasteiger partial charge in [0, 0.05) is 6.54 Å². The van der Waals surface area contributed by atoms with Crippen molar-refractivity contribution in [2.24, 2.45) is 5.92 Å². The van der Waals surface area contributed by atoms with E-state index in [0.29, 0.717) is 6.42 Å². The minimum absolute atomic E-state index is 0.0400. The Hall–Kier alpha value is -1.57. The predicted molar refractivity (Wildman–Crippen MR) is 62.5 cm³/mol. The molecule has 18 heavy (non-hydrogen) atoms. The van der Waals surface area contributed by atoms with Crippen molar-refractivity contribution in [1.82, 2.24) is 9.78 Å². The summed E-state index contributed by atoms with van der Waals surface area (Å²) in [6.45, 7) is 0.282. The Morgan fingerprint density at radius 1 is 1.67 bits per heavy atom. The molecule has 1 aromatic rings. The van der Waals surface area contributed by atoms with E-state index in [1.807, 2.05) is 0 Å². The highest BCUT2D eigenvalue weighted by Crippen LogP contribution is 2.23. The second-order valence-electron chi connectivity index (χ2n) is 4.32. The number of aromatic carboxylic acids is 1. The second-order valence-corrected chi connectivity index (χ2v) is 6.55. The fourth-order valence-corrected chi connectivity index (χ4v) is 3.98. The normalized spacial score (nSPS) is 21.9. The van der Waals surface area contributed by atoms with Gasteiger partial charge in [-0.25, -0.2) is 13.2 Å². The Morgan fingerprint density at radius 3 is 2.89 bits per heavy atom. The minimum Gasteiger partial charge on any atom is -0.493 e. The van der Waals surface area contributed by atoms with Gasteiger partial charge in [0.05, 0.1) is 24.8 Å². The van der Waals surface area contributed by atoms with Crippen LogP contribution in [0.4, 0.5) is 0 Å². The fraction of sp³-hybridized carbons (Fsp3) is 0.600. The molecule has 2 rings (SSSR count). The maximum Gasteiger partial charge on any atom is 0.358 e. The van der Waals surface area contributed by atoms with Crippen molar-refractivity contribution in [3.8, 4) is 5.75 Å². The van der Waals surface area contributed by atoms with Crippen LogP contribution >= 0.6 is 0 Å². The van der Waals surface area contributed by atoms with E-state index < -0.39 is 15.8 Å².